The maximum atomic E-state index is 13.3. The molecule has 158 valence electrons. The molecule has 0 saturated heterocycles. The van der Waals surface area contributed by atoms with Gasteiger partial charge in [-0.1, -0.05) is 30.7 Å². The number of nitro groups is 1. The second kappa shape index (κ2) is 8.06. The van der Waals surface area contributed by atoms with E-state index in [2.05, 4.69) is 5.32 Å². The largest absolute Gasteiger partial charge is 0.352 e. The van der Waals surface area contributed by atoms with E-state index in [-0.39, 0.29) is 22.3 Å². The van der Waals surface area contributed by atoms with Gasteiger partial charge in [0.05, 0.1) is 15.5 Å². The molecule has 0 aliphatic heterocycles. The Kier molecular flexibility index (Phi) is 5.46. The zero-order chi connectivity index (χ0) is 21.3. The number of non-ortho nitro benzene ring substituents is 1. The van der Waals surface area contributed by atoms with E-state index >= 15 is 0 Å². The Labute approximate surface area is 175 Å². The topological polar surface area (TPSA) is 110 Å². The Balaban J connectivity index is 1.62. The number of hydrogen-bond acceptors (Lipinski definition) is 5. The van der Waals surface area contributed by atoms with Gasteiger partial charge in [-0.2, -0.15) is 0 Å². The van der Waals surface area contributed by atoms with Crippen LogP contribution in [0.3, 0.4) is 0 Å². The van der Waals surface area contributed by atoms with Crippen LogP contribution in [0.4, 0.5) is 11.4 Å². The summed E-state index contributed by atoms with van der Waals surface area (Å²) >= 11 is 0. The lowest BCUT2D eigenvalue weighted by Crippen LogP contribution is -2.46. The summed E-state index contributed by atoms with van der Waals surface area (Å²) in [6.45, 7) is -0.438. The van der Waals surface area contributed by atoms with Crippen LogP contribution in [0.15, 0.2) is 59.5 Å². The predicted molar refractivity (Wildman–Crippen MR) is 111 cm³/mol. The minimum absolute atomic E-state index is 0.0178. The molecule has 30 heavy (non-hydrogen) atoms. The Morgan fingerprint density at radius 3 is 2.50 bits per heavy atom. The van der Waals surface area contributed by atoms with E-state index in [9.17, 15) is 23.3 Å². The third kappa shape index (κ3) is 4.02. The van der Waals surface area contributed by atoms with Crippen LogP contribution in [0.5, 0.6) is 0 Å². The molecule has 2 bridgehead atoms. The van der Waals surface area contributed by atoms with E-state index in [0.717, 1.165) is 23.6 Å². The van der Waals surface area contributed by atoms with Crippen molar-refractivity contribution >= 4 is 27.3 Å². The molecule has 8 nitrogen and oxygen atoms in total. The van der Waals surface area contributed by atoms with Crippen LogP contribution < -0.4 is 9.62 Å². The Hall–Kier alpha value is -2.94. The van der Waals surface area contributed by atoms with Gasteiger partial charge in [0, 0.05) is 18.2 Å². The number of nitrogens with one attached hydrogen (secondary N) is 1. The van der Waals surface area contributed by atoms with Crippen LogP contribution in [0.2, 0.25) is 0 Å². The van der Waals surface area contributed by atoms with Crippen LogP contribution >= 0.6 is 0 Å². The van der Waals surface area contributed by atoms with Gasteiger partial charge >= 0.3 is 0 Å². The fourth-order valence-electron chi connectivity index (χ4n) is 4.60. The number of carbonyl (C=O) groups excluding carboxylic acids is 1. The molecule has 9 heteroatoms. The first-order chi connectivity index (χ1) is 14.3. The molecule has 0 radical (unpaired) electrons. The minimum Gasteiger partial charge on any atom is -0.352 e. The second-order valence-electron chi connectivity index (χ2n) is 7.95. The summed E-state index contributed by atoms with van der Waals surface area (Å²) in [5.74, 6) is 0.690. The molecule has 0 unspecified atom stereocenters. The first kappa shape index (κ1) is 20.3. The molecule has 3 atom stereocenters. The number of hydrogen-bond donors (Lipinski definition) is 1. The predicted octanol–water partition coefficient (Wildman–Crippen LogP) is 3.09. The molecule has 2 aliphatic carbocycles. The van der Waals surface area contributed by atoms with E-state index in [1.54, 1.807) is 18.2 Å². The lowest BCUT2D eigenvalue weighted by atomic mass is 9.95. The molecule has 0 spiro atoms. The normalized spacial score (nSPS) is 22.6. The van der Waals surface area contributed by atoms with Crippen LogP contribution in [-0.2, 0) is 14.8 Å². The summed E-state index contributed by atoms with van der Waals surface area (Å²) < 4.78 is 27.5. The van der Waals surface area contributed by atoms with Crippen molar-refractivity contribution in [1.29, 1.82) is 0 Å². The molecule has 1 N–H and O–H groups in total. The number of sulfonamides is 1. The third-order valence-electron chi connectivity index (χ3n) is 6.03. The molecule has 2 fully saturated rings. The zero-order valence-corrected chi connectivity index (χ0v) is 17.1. The van der Waals surface area contributed by atoms with Crippen molar-refractivity contribution in [2.45, 2.75) is 36.6 Å². The fraction of sp³-hybridized carbons (Fsp3) is 0.381. The second-order valence-corrected chi connectivity index (χ2v) is 9.81. The average Bonchev–Trinajstić information content (AvgIpc) is 3.36. The summed E-state index contributed by atoms with van der Waals surface area (Å²) in [4.78, 5) is 23.4. The van der Waals surface area contributed by atoms with Gasteiger partial charge in [0.2, 0.25) is 5.91 Å². The van der Waals surface area contributed by atoms with Gasteiger partial charge < -0.3 is 5.32 Å². The molecule has 2 saturated carbocycles. The quantitative estimate of drug-likeness (QED) is 0.537. The highest BCUT2D eigenvalue weighted by molar-refractivity contribution is 7.92. The van der Waals surface area contributed by atoms with Crippen LogP contribution in [-0.4, -0.2) is 31.8 Å². The van der Waals surface area contributed by atoms with E-state index in [1.165, 1.54) is 42.8 Å². The monoisotopic (exact) mass is 429 g/mol. The van der Waals surface area contributed by atoms with Crippen molar-refractivity contribution in [3.8, 4) is 0 Å². The standard InChI is InChI=1S/C21H23N3O5S/c25-21(22-20-12-15-9-10-16(20)11-15)14-23(17-5-4-6-18(13-17)24(26)27)30(28,29)19-7-2-1-3-8-19/h1-8,13,15-16,20H,9-12,14H2,(H,22,25)/t15-,16+,20-/m0/s1. The molecule has 2 aromatic rings. The maximum absolute atomic E-state index is 13.3. The van der Waals surface area contributed by atoms with Crippen molar-refractivity contribution in [2.75, 3.05) is 10.8 Å². The zero-order valence-electron chi connectivity index (χ0n) is 16.3. The van der Waals surface area contributed by atoms with Gasteiger partial charge in [-0.15, -0.1) is 0 Å². The third-order valence-corrected chi connectivity index (χ3v) is 7.82. The molecular weight excluding hydrogens is 406 g/mol. The van der Waals surface area contributed by atoms with Gasteiger partial charge in [0.25, 0.3) is 15.7 Å². The highest BCUT2D eigenvalue weighted by Crippen LogP contribution is 2.44. The van der Waals surface area contributed by atoms with E-state index < -0.39 is 27.4 Å². The van der Waals surface area contributed by atoms with Crippen molar-refractivity contribution in [1.82, 2.24) is 5.32 Å². The summed E-state index contributed by atoms with van der Waals surface area (Å²) in [6.07, 6.45) is 4.33. The molecule has 4 rings (SSSR count). The van der Waals surface area contributed by atoms with E-state index in [4.69, 9.17) is 0 Å². The highest BCUT2D eigenvalue weighted by Gasteiger charge is 2.40. The Bertz CT molecular complexity index is 1060. The lowest BCUT2D eigenvalue weighted by Gasteiger charge is -2.27. The molecule has 2 aliphatic rings. The number of rotatable bonds is 7. The maximum Gasteiger partial charge on any atom is 0.271 e. The summed E-state index contributed by atoms with van der Waals surface area (Å²) in [5.41, 5.74) is -0.162. The van der Waals surface area contributed by atoms with Gasteiger partial charge in [-0.25, -0.2) is 8.42 Å². The Morgan fingerprint density at radius 1 is 1.10 bits per heavy atom. The molecule has 0 heterocycles. The highest BCUT2D eigenvalue weighted by atomic mass is 32.2. The minimum atomic E-state index is -4.09. The van der Waals surface area contributed by atoms with E-state index in [1.807, 2.05) is 0 Å². The number of nitrogens with zero attached hydrogens (tertiary/aromatic N) is 2. The molecule has 0 aromatic heterocycles. The number of carbonyl (C=O) groups is 1. The van der Waals surface area contributed by atoms with Gasteiger partial charge in [-0.05, 0) is 49.3 Å². The number of amides is 1. The average molecular weight is 429 g/mol. The molecular formula is C21H23N3O5S. The summed E-state index contributed by atoms with van der Waals surface area (Å²) in [7, 11) is -4.09. The van der Waals surface area contributed by atoms with Crippen LogP contribution in [0.25, 0.3) is 0 Å². The van der Waals surface area contributed by atoms with Crippen molar-refractivity contribution in [3.05, 3.63) is 64.7 Å². The number of anilines is 1. The van der Waals surface area contributed by atoms with Gasteiger partial charge in [-0.3, -0.25) is 19.2 Å². The van der Waals surface area contributed by atoms with Crippen LogP contribution in [0, 0.1) is 22.0 Å². The molecule has 2 aromatic carbocycles. The van der Waals surface area contributed by atoms with E-state index in [0.29, 0.717) is 11.8 Å². The lowest BCUT2D eigenvalue weighted by molar-refractivity contribution is -0.384. The first-order valence-corrected chi connectivity index (χ1v) is 11.4. The fourth-order valence-corrected chi connectivity index (χ4v) is 6.03. The first-order valence-electron chi connectivity index (χ1n) is 9.96. The summed E-state index contributed by atoms with van der Waals surface area (Å²) in [6, 6.07) is 13.1. The van der Waals surface area contributed by atoms with Gasteiger partial charge in [0.15, 0.2) is 0 Å². The van der Waals surface area contributed by atoms with Crippen LogP contribution in [0.1, 0.15) is 25.7 Å². The number of fused-ring (bicyclic) bond motifs is 2. The smallest absolute Gasteiger partial charge is 0.271 e. The van der Waals surface area contributed by atoms with Crippen molar-refractivity contribution in [2.24, 2.45) is 11.8 Å². The summed E-state index contributed by atoms with van der Waals surface area (Å²) in [5, 5.41) is 14.2. The number of benzene rings is 2. The molecule has 1 amide bonds. The Morgan fingerprint density at radius 2 is 1.87 bits per heavy atom. The van der Waals surface area contributed by atoms with Crippen molar-refractivity contribution in [3.63, 3.8) is 0 Å². The number of nitro benzene ring substituents is 1. The SMILES string of the molecule is O=C(CN(c1cccc([N+](=O)[O-])c1)S(=O)(=O)c1ccccc1)N[C@H]1C[C@H]2CC[C@@H]1C2. The van der Waals surface area contributed by atoms with Crippen molar-refractivity contribution < 1.29 is 18.1 Å². The van der Waals surface area contributed by atoms with Gasteiger partial charge in [0.1, 0.15) is 6.54 Å².